The summed E-state index contributed by atoms with van der Waals surface area (Å²) in [5.41, 5.74) is 8.13. The van der Waals surface area contributed by atoms with E-state index in [1.165, 1.54) is 0 Å². The van der Waals surface area contributed by atoms with Crippen molar-refractivity contribution in [2.24, 2.45) is 4.99 Å². The van der Waals surface area contributed by atoms with Gasteiger partial charge in [-0.3, -0.25) is 4.99 Å². The van der Waals surface area contributed by atoms with E-state index in [2.05, 4.69) is 50.1 Å². The van der Waals surface area contributed by atoms with Crippen LogP contribution < -0.4 is 0 Å². The summed E-state index contributed by atoms with van der Waals surface area (Å²) in [6.45, 7) is 14.0. The standard InChI is InChI=1S/C28H25N/c1-5-13-23(6-2)27-18-26(19-28(20-27)25-16-11-8-12-17-25)22(4)29-21(3)24-14-9-7-10-15-24/h5-20H,1-3H2,4H3/b23-13+,29-22+. The number of allylic oxidation sites excluding steroid dienone is 4. The largest absolute Gasteiger partial charge is 0.253 e. The van der Waals surface area contributed by atoms with Crippen LogP contribution in [0.3, 0.4) is 0 Å². The molecule has 1 heteroatoms. The lowest BCUT2D eigenvalue weighted by molar-refractivity contribution is 1.47. The third-order valence-electron chi connectivity index (χ3n) is 4.72. The maximum Gasteiger partial charge on any atom is 0.0633 e. The molecule has 3 aromatic rings. The number of nitrogens with zero attached hydrogens (tertiary/aromatic N) is 1. The van der Waals surface area contributed by atoms with Gasteiger partial charge >= 0.3 is 0 Å². The first-order chi connectivity index (χ1) is 14.1. The Morgan fingerprint density at radius 1 is 0.759 bits per heavy atom. The van der Waals surface area contributed by atoms with Crippen LogP contribution in [0.5, 0.6) is 0 Å². The van der Waals surface area contributed by atoms with Crippen LogP contribution in [0.25, 0.3) is 22.4 Å². The fraction of sp³-hybridized carbons (Fsp3) is 0.0357. The van der Waals surface area contributed by atoms with E-state index in [0.717, 1.165) is 44.8 Å². The predicted molar refractivity (Wildman–Crippen MR) is 128 cm³/mol. The highest BCUT2D eigenvalue weighted by Crippen LogP contribution is 2.27. The molecule has 0 unspecified atom stereocenters. The van der Waals surface area contributed by atoms with Gasteiger partial charge in [0, 0.05) is 5.71 Å². The highest BCUT2D eigenvalue weighted by molar-refractivity contribution is 6.03. The summed E-state index contributed by atoms with van der Waals surface area (Å²) in [5.74, 6) is 0. The Bertz CT molecular complexity index is 1080. The highest BCUT2D eigenvalue weighted by atomic mass is 14.7. The molecule has 0 aliphatic heterocycles. The van der Waals surface area contributed by atoms with Crippen molar-refractivity contribution in [3.05, 3.63) is 134 Å². The molecule has 0 spiro atoms. The Kier molecular flexibility index (Phi) is 6.55. The maximum atomic E-state index is 4.78. The summed E-state index contributed by atoms with van der Waals surface area (Å²) in [7, 11) is 0. The summed E-state index contributed by atoms with van der Waals surface area (Å²) in [6, 6.07) is 26.9. The maximum absolute atomic E-state index is 4.78. The van der Waals surface area contributed by atoms with Crippen molar-refractivity contribution in [1.29, 1.82) is 0 Å². The molecule has 3 rings (SSSR count). The van der Waals surface area contributed by atoms with Crippen molar-refractivity contribution in [2.75, 3.05) is 0 Å². The minimum absolute atomic E-state index is 0.750. The Morgan fingerprint density at radius 3 is 2.00 bits per heavy atom. The molecule has 0 fully saturated rings. The van der Waals surface area contributed by atoms with Gasteiger partial charge in [0.05, 0.1) is 5.70 Å². The van der Waals surface area contributed by atoms with Gasteiger partial charge in [-0.15, -0.1) is 0 Å². The zero-order valence-electron chi connectivity index (χ0n) is 16.8. The predicted octanol–water partition coefficient (Wildman–Crippen LogP) is 7.59. The van der Waals surface area contributed by atoms with Crippen LogP contribution in [-0.4, -0.2) is 5.71 Å². The highest BCUT2D eigenvalue weighted by Gasteiger charge is 2.08. The van der Waals surface area contributed by atoms with E-state index in [-0.39, 0.29) is 0 Å². The van der Waals surface area contributed by atoms with Gasteiger partial charge in [0.1, 0.15) is 0 Å². The third-order valence-corrected chi connectivity index (χ3v) is 4.72. The van der Waals surface area contributed by atoms with Crippen molar-refractivity contribution in [1.82, 2.24) is 0 Å². The van der Waals surface area contributed by atoms with Crippen LogP contribution in [0.15, 0.2) is 122 Å². The van der Waals surface area contributed by atoms with E-state index in [0.29, 0.717) is 0 Å². The molecule has 1 nitrogen and oxygen atoms in total. The lowest BCUT2D eigenvalue weighted by Gasteiger charge is -2.12. The molecule has 0 aromatic heterocycles. The molecule has 0 saturated carbocycles. The first kappa shape index (κ1) is 20.0. The quantitative estimate of drug-likeness (QED) is 0.298. The molecular weight excluding hydrogens is 350 g/mol. The van der Waals surface area contributed by atoms with Gasteiger partial charge in [0.25, 0.3) is 0 Å². The fourth-order valence-electron chi connectivity index (χ4n) is 3.17. The summed E-state index contributed by atoms with van der Waals surface area (Å²) in [4.78, 5) is 4.78. The lowest BCUT2D eigenvalue weighted by Crippen LogP contribution is -1.98. The Labute approximate surface area is 173 Å². The monoisotopic (exact) mass is 375 g/mol. The van der Waals surface area contributed by atoms with Crippen LogP contribution in [0.1, 0.15) is 23.6 Å². The molecule has 0 aliphatic carbocycles. The molecular formula is C28H25N. The minimum Gasteiger partial charge on any atom is -0.253 e. The second-order valence-electron chi connectivity index (χ2n) is 6.74. The molecule has 142 valence electrons. The van der Waals surface area contributed by atoms with Crippen molar-refractivity contribution >= 4 is 17.0 Å². The van der Waals surface area contributed by atoms with E-state index in [1.807, 2.05) is 67.6 Å². The second-order valence-corrected chi connectivity index (χ2v) is 6.74. The number of aliphatic imine (C=N–C) groups is 1. The van der Waals surface area contributed by atoms with Gasteiger partial charge in [-0.1, -0.05) is 98.6 Å². The van der Waals surface area contributed by atoms with Gasteiger partial charge in [-0.25, -0.2) is 0 Å². The summed E-state index contributed by atoms with van der Waals surface area (Å²) in [5, 5.41) is 0. The summed E-state index contributed by atoms with van der Waals surface area (Å²) >= 11 is 0. The van der Waals surface area contributed by atoms with Crippen LogP contribution in [0, 0.1) is 0 Å². The Hall–Kier alpha value is -3.71. The average Bonchev–Trinajstić information content (AvgIpc) is 2.78. The molecule has 0 heterocycles. The van der Waals surface area contributed by atoms with Crippen molar-refractivity contribution in [3.63, 3.8) is 0 Å². The van der Waals surface area contributed by atoms with E-state index in [4.69, 9.17) is 4.99 Å². The van der Waals surface area contributed by atoms with Crippen molar-refractivity contribution in [3.8, 4) is 11.1 Å². The molecule has 0 aliphatic rings. The van der Waals surface area contributed by atoms with Gasteiger partial charge in [-0.2, -0.15) is 0 Å². The van der Waals surface area contributed by atoms with Crippen LogP contribution in [0.2, 0.25) is 0 Å². The molecule has 3 aromatic carbocycles. The summed E-state index contributed by atoms with van der Waals surface area (Å²) < 4.78 is 0. The van der Waals surface area contributed by atoms with Gasteiger partial charge in [0.2, 0.25) is 0 Å². The topological polar surface area (TPSA) is 12.4 Å². The Balaban J connectivity index is 2.11. The first-order valence-electron chi connectivity index (χ1n) is 9.58. The third kappa shape index (κ3) is 4.97. The Morgan fingerprint density at radius 2 is 1.38 bits per heavy atom. The van der Waals surface area contributed by atoms with Crippen molar-refractivity contribution < 1.29 is 0 Å². The minimum atomic E-state index is 0.750. The van der Waals surface area contributed by atoms with Gasteiger partial charge in [-0.05, 0) is 58.5 Å². The molecule has 0 radical (unpaired) electrons. The number of rotatable bonds is 7. The lowest BCUT2D eigenvalue weighted by atomic mass is 9.94. The fourth-order valence-corrected chi connectivity index (χ4v) is 3.17. The first-order valence-corrected chi connectivity index (χ1v) is 9.58. The zero-order valence-corrected chi connectivity index (χ0v) is 16.8. The molecule has 0 bridgehead atoms. The zero-order chi connectivity index (χ0) is 20.6. The van der Waals surface area contributed by atoms with Gasteiger partial charge in [0.15, 0.2) is 0 Å². The van der Waals surface area contributed by atoms with E-state index in [9.17, 15) is 0 Å². The number of hydrogen-bond donors (Lipinski definition) is 0. The van der Waals surface area contributed by atoms with E-state index in [1.54, 1.807) is 6.08 Å². The van der Waals surface area contributed by atoms with Crippen LogP contribution >= 0.6 is 0 Å². The van der Waals surface area contributed by atoms with Crippen LogP contribution in [-0.2, 0) is 0 Å². The molecule has 0 N–H and O–H groups in total. The molecule has 0 saturated heterocycles. The molecule has 0 atom stereocenters. The molecule has 29 heavy (non-hydrogen) atoms. The summed E-state index contributed by atoms with van der Waals surface area (Å²) in [6.07, 6.45) is 5.60. The molecule has 0 amide bonds. The average molecular weight is 376 g/mol. The SMILES string of the molecule is C=C/C=C(\C=C)c1cc(/C(C)=N/C(=C)c2ccccc2)cc(-c2ccccc2)c1. The number of benzene rings is 3. The van der Waals surface area contributed by atoms with E-state index >= 15 is 0 Å². The van der Waals surface area contributed by atoms with Crippen LogP contribution in [0.4, 0.5) is 0 Å². The number of hydrogen-bond acceptors (Lipinski definition) is 1. The second kappa shape index (κ2) is 9.48. The smallest absolute Gasteiger partial charge is 0.0633 e. The normalized spacial score (nSPS) is 11.8. The van der Waals surface area contributed by atoms with Gasteiger partial charge < -0.3 is 0 Å². The van der Waals surface area contributed by atoms with E-state index < -0.39 is 0 Å². The van der Waals surface area contributed by atoms with Crippen molar-refractivity contribution in [2.45, 2.75) is 6.92 Å².